The molecule has 2 atom stereocenters. The molecule has 4 aromatic carbocycles. The highest BCUT2D eigenvalue weighted by Crippen LogP contribution is 2.31. The fraction of sp³-hybridized carbons (Fsp3) is 0.216. The molecule has 2 amide bonds. The molecule has 0 saturated heterocycles. The zero-order chi connectivity index (χ0) is 35.7. The summed E-state index contributed by atoms with van der Waals surface area (Å²) in [5, 5.41) is 16.0. The van der Waals surface area contributed by atoms with Gasteiger partial charge in [0, 0.05) is 19.8 Å². The lowest BCUT2D eigenvalue weighted by Crippen LogP contribution is -2.53. The van der Waals surface area contributed by atoms with Gasteiger partial charge >= 0.3 is 16.2 Å². The van der Waals surface area contributed by atoms with E-state index in [1.165, 1.54) is 26.2 Å². The van der Waals surface area contributed by atoms with Crippen LogP contribution in [0.1, 0.15) is 29.2 Å². The number of rotatable bonds is 14. The second-order valence-electron chi connectivity index (χ2n) is 11.6. The first kappa shape index (κ1) is 35.5. The van der Waals surface area contributed by atoms with Crippen LogP contribution in [0.15, 0.2) is 121 Å². The molecule has 50 heavy (non-hydrogen) atoms. The van der Waals surface area contributed by atoms with Crippen molar-refractivity contribution in [1.82, 2.24) is 14.9 Å². The maximum Gasteiger partial charge on any atom is 0.333 e. The average Bonchev–Trinajstić information content (AvgIpc) is 3.34. The Morgan fingerprint density at radius 3 is 1.90 bits per heavy atom. The lowest BCUT2D eigenvalue weighted by molar-refractivity contribution is -0.149. The second-order valence-corrected chi connectivity index (χ2v) is 13.3. The van der Waals surface area contributed by atoms with Gasteiger partial charge in [0.25, 0.3) is 0 Å². The highest BCUT2D eigenvalue weighted by molar-refractivity contribution is 7.91. The van der Waals surface area contributed by atoms with Gasteiger partial charge in [-0.1, -0.05) is 84.9 Å². The van der Waals surface area contributed by atoms with Gasteiger partial charge < -0.3 is 25.2 Å². The molecule has 5 rings (SSSR count). The summed E-state index contributed by atoms with van der Waals surface area (Å²) < 4.78 is 39.5. The first-order valence-corrected chi connectivity index (χ1v) is 17.2. The van der Waals surface area contributed by atoms with Gasteiger partial charge in [0.1, 0.15) is 24.4 Å². The summed E-state index contributed by atoms with van der Waals surface area (Å²) in [6, 6.07) is 29.3. The number of nitrogens with one attached hydrogen (secondary N) is 2. The highest BCUT2D eigenvalue weighted by atomic mass is 32.2. The van der Waals surface area contributed by atoms with Crippen LogP contribution < -0.4 is 19.7 Å². The summed E-state index contributed by atoms with van der Waals surface area (Å²) >= 11 is 0. The second kappa shape index (κ2) is 16.1. The summed E-state index contributed by atoms with van der Waals surface area (Å²) in [4.78, 5) is 39.0. The highest BCUT2D eigenvalue weighted by Gasteiger charge is 2.38. The molecule has 0 saturated carbocycles. The van der Waals surface area contributed by atoms with Gasteiger partial charge in [-0.25, -0.2) is 13.4 Å². The molecule has 0 aromatic heterocycles. The third kappa shape index (κ3) is 8.99. The molecular formula is C37H38N4O8S. The molecule has 0 aliphatic carbocycles. The number of carbonyl (C=O) groups excluding carboxylic acids is 3. The number of hydrogen-bond acceptors (Lipinski definition) is 8. The Kier molecular flexibility index (Phi) is 11.4. The number of carbonyl (C=O) groups is 3. The summed E-state index contributed by atoms with van der Waals surface area (Å²) in [6.45, 7) is 1.20. The molecular weight excluding hydrogens is 660 g/mol. The Morgan fingerprint density at radius 1 is 0.740 bits per heavy atom. The molecule has 0 unspecified atom stereocenters. The SMILES string of the molecule is COc1ccc(CN2C(O)=CN(c3ccc(C[C@H](NC(=O)[C@H](Cc4ccccc4)NC(C)=O)C(=O)OCc4ccccc4)cc3)S2(=O)=O)cc1. The predicted octanol–water partition coefficient (Wildman–Crippen LogP) is 4.14. The van der Waals surface area contributed by atoms with Crippen LogP contribution >= 0.6 is 0 Å². The van der Waals surface area contributed by atoms with E-state index in [4.69, 9.17) is 9.47 Å². The zero-order valence-electron chi connectivity index (χ0n) is 27.6. The van der Waals surface area contributed by atoms with Crippen LogP contribution in [0.2, 0.25) is 0 Å². The standard InChI is InChI=1S/C37H38N4O8S/c1-26(42)38-33(21-27-9-5-3-6-10-27)36(44)39-34(37(45)49-25-30-11-7-4-8-12-30)22-28-13-17-31(18-14-28)40-24-35(43)41(50(40,46)47)23-29-15-19-32(48-2)20-16-29/h3-20,24,33-34,43H,21-23,25H2,1-2H3,(H,38,42)(H,39,44)/t33-,34-/m0/s1. The van der Waals surface area contributed by atoms with E-state index in [0.717, 1.165) is 25.9 Å². The summed E-state index contributed by atoms with van der Waals surface area (Å²) in [5.74, 6) is -1.48. The minimum Gasteiger partial charge on any atom is -0.497 e. The number of hydrogen-bond donors (Lipinski definition) is 3. The molecule has 0 bridgehead atoms. The summed E-state index contributed by atoms with van der Waals surface area (Å²) in [7, 11) is -2.63. The first-order valence-electron chi connectivity index (χ1n) is 15.8. The van der Waals surface area contributed by atoms with Crippen molar-refractivity contribution in [3.05, 3.63) is 144 Å². The van der Waals surface area contributed by atoms with Crippen LogP contribution in [0.4, 0.5) is 5.69 Å². The van der Waals surface area contributed by atoms with E-state index in [9.17, 15) is 27.9 Å². The van der Waals surface area contributed by atoms with Crippen LogP contribution in [0.25, 0.3) is 0 Å². The number of aliphatic hydroxyl groups excluding tert-OH is 1. The normalized spacial score (nSPS) is 14.6. The van der Waals surface area contributed by atoms with Crippen LogP contribution in [0.3, 0.4) is 0 Å². The maximum absolute atomic E-state index is 13.5. The molecule has 3 N–H and O–H groups in total. The van der Waals surface area contributed by atoms with Crippen LogP contribution in [0.5, 0.6) is 5.75 Å². The topological polar surface area (TPSA) is 155 Å². The molecule has 0 fully saturated rings. The Morgan fingerprint density at radius 2 is 1.30 bits per heavy atom. The van der Waals surface area contributed by atoms with E-state index in [2.05, 4.69) is 10.6 Å². The number of amides is 2. The molecule has 0 radical (unpaired) electrons. The Hall–Kier alpha value is -5.82. The fourth-order valence-corrected chi connectivity index (χ4v) is 6.77. The third-order valence-corrected chi connectivity index (χ3v) is 9.62. The van der Waals surface area contributed by atoms with Crippen molar-refractivity contribution in [3.8, 4) is 5.75 Å². The predicted molar refractivity (Wildman–Crippen MR) is 187 cm³/mol. The number of methoxy groups -OCH3 is 1. The maximum atomic E-state index is 13.5. The lowest BCUT2D eigenvalue weighted by Gasteiger charge is -2.23. The first-order chi connectivity index (χ1) is 24.0. The molecule has 0 spiro atoms. The van der Waals surface area contributed by atoms with E-state index >= 15 is 0 Å². The van der Waals surface area contributed by atoms with Gasteiger partial charge in [0.05, 0.1) is 25.5 Å². The van der Waals surface area contributed by atoms with E-state index in [1.54, 1.807) is 36.4 Å². The fourth-order valence-electron chi connectivity index (χ4n) is 5.34. The number of ether oxygens (including phenoxy) is 2. The Balaban J connectivity index is 1.32. The minimum absolute atomic E-state index is 0.00913. The Bertz CT molecular complexity index is 1920. The average molecular weight is 699 g/mol. The number of benzene rings is 4. The smallest absolute Gasteiger partial charge is 0.333 e. The Labute approximate surface area is 291 Å². The zero-order valence-corrected chi connectivity index (χ0v) is 28.4. The monoisotopic (exact) mass is 698 g/mol. The molecule has 1 aliphatic rings. The minimum atomic E-state index is -4.16. The van der Waals surface area contributed by atoms with Crippen molar-refractivity contribution in [2.24, 2.45) is 0 Å². The molecule has 1 heterocycles. The molecule has 1 aliphatic heterocycles. The summed E-state index contributed by atoms with van der Waals surface area (Å²) in [6.07, 6.45) is 1.33. The van der Waals surface area contributed by atoms with Crippen molar-refractivity contribution in [2.75, 3.05) is 11.4 Å². The molecule has 12 nitrogen and oxygen atoms in total. The number of esters is 1. The van der Waals surface area contributed by atoms with Crippen molar-refractivity contribution < 1.29 is 37.4 Å². The van der Waals surface area contributed by atoms with Gasteiger partial charge in [0.15, 0.2) is 0 Å². The third-order valence-electron chi connectivity index (χ3n) is 7.93. The van der Waals surface area contributed by atoms with Crippen LogP contribution in [-0.4, -0.2) is 54.8 Å². The van der Waals surface area contributed by atoms with E-state index in [1.807, 2.05) is 60.7 Å². The molecule has 260 valence electrons. The van der Waals surface area contributed by atoms with Crippen LogP contribution in [-0.2, 0) is 55.3 Å². The van der Waals surface area contributed by atoms with Gasteiger partial charge in [-0.2, -0.15) is 8.42 Å². The lowest BCUT2D eigenvalue weighted by atomic mass is 10.0. The molecule has 13 heteroatoms. The van der Waals surface area contributed by atoms with Gasteiger partial charge in [-0.15, -0.1) is 0 Å². The van der Waals surface area contributed by atoms with Gasteiger partial charge in [-0.3, -0.25) is 9.59 Å². The largest absolute Gasteiger partial charge is 0.497 e. The number of nitrogens with zero attached hydrogens (tertiary/aromatic N) is 2. The van der Waals surface area contributed by atoms with Crippen LogP contribution in [0, 0.1) is 0 Å². The summed E-state index contributed by atoms with van der Waals surface area (Å²) in [5.41, 5.74) is 3.07. The van der Waals surface area contributed by atoms with Crippen molar-refractivity contribution >= 4 is 33.7 Å². The van der Waals surface area contributed by atoms with E-state index in [0.29, 0.717) is 16.9 Å². The quantitative estimate of drug-likeness (QED) is 0.166. The number of anilines is 1. The van der Waals surface area contributed by atoms with E-state index < -0.39 is 46.0 Å². The van der Waals surface area contributed by atoms with Gasteiger partial charge in [0.2, 0.25) is 17.7 Å². The van der Waals surface area contributed by atoms with E-state index in [-0.39, 0.29) is 31.7 Å². The van der Waals surface area contributed by atoms with Gasteiger partial charge in [-0.05, 0) is 46.5 Å². The van der Waals surface area contributed by atoms with Crippen molar-refractivity contribution in [3.63, 3.8) is 0 Å². The number of aliphatic hydroxyl groups is 1. The van der Waals surface area contributed by atoms with Crippen molar-refractivity contribution in [2.45, 2.75) is 45.0 Å². The van der Waals surface area contributed by atoms with Crippen molar-refractivity contribution in [1.29, 1.82) is 0 Å². The molecule has 4 aromatic rings.